The van der Waals surface area contributed by atoms with Crippen molar-refractivity contribution in [3.63, 3.8) is 0 Å². The van der Waals surface area contributed by atoms with E-state index >= 15 is 0 Å². The molecule has 3 rings (SSSR count). The van der Waals surface area contributed by atoms with Crippen LogP contribution in [0.5, 0.6) is 0 Å². The molecule has 2 heterocycles. The largest absolute Gasteiger partial charge is 0.503 e. The number of aromatic nitrogens is 1. The van der Waals surface area contributed by atoms with Gasteiger partial charge in [0.25, 0.3) is 5.91 Å². The van der Waals surface area contributed by atoms with Crippen LogP contribution in [0, 0.1) is 13.8 Å². The van der Waals surface area contributed by atoms with Crippen molar-refractivity contribution >= 4 is 34.6 Å². The highest BCUT2D eigenvalue weighted by molar-refractivity contribution is 7.14. The second-order valence-electron chi connectivity index (χ2n) is 7.00. The zero-order valence-electron chi connectivity index (χ0n) is 16.2. The van der Waals surface area contributed by atoms with Crippen LogP contribution in [0.4, 0.5) is 0 Å². The number of carbonyl (C=O) groups excluding carboxylic acids is 2. The average molecular weight is 420 g/mol. The van der Waals surface area contributed by atoms with Crippen molar-refractivity contribution in [3.8, 4) is 0 Å². The molecule has 28 heavy (non-hydrogen) atoms. The highest BCUT2D eigenvalue weighted by atomic mass is 35.5. The number of benzene rings is 1. The monoisotopic (exact) mass is 419 g/mol. The van der Waals surface area contributed by atoms with Crippen LogP contribution in [0.2, 0.25) is 5.02 Å². The molecule has 0 saturated carbocycles. The highest BCUT2D eigenvalue weighted by Crippen LogP contribution is 2.40. The molecule has 148 valence electrons. The fraction of sp³-hybridized carbons (Fsp3) is 0.350. The molecule has 0 spiro atoms. The molecule has 0 saturated heterocycles. The number of hydrogen-bond donors (Lipinski definition) is 1. The predicted molar refractivity (Wildman–Crippen MR) is 110 cm³/mol. The van der Waals surface area contributed by atoms with Crippen LogP contribution in [-0.4, -0.2) is 58.8 Å². The molecular weight excluding hydrogens is 398 g/mol. The maximum atomic E-state index is 13.3. The first-order valence-electron chi connectivity index (χ1n) is 8.83. The van der Waals surface area contributed by atoms with E-state index < -0.39 is 17.7 Å². The van der Waals surface area contributed by atoms with Crippen molar-refractivity contribution in [2.75, 3.05) is 27.2 Å². The van der Waals surface area contributed by atoms with E-state index in [2.05, 4.69) is 4.98 Å². The van der Waals surface area contributed by atoms with Gasteiger partial charge in [-0.1, -0.05) is 23.7 Å². The Morgan fingerprint density at radius 1 is 1.36 bits per heavy atom. The normalized spacial score (nSPS) is 17.1. The molecule has 0 fully saturated rings. The molecule has 0 aliphatic carbocycles. The van der Waals surface area contributed by atoms with E-state index in [9.17, 15) is 14.7 Å². The first kappa shape index (κ1) is 20.5. The smallest absolute Gasteiger partial charge is 0.290 e. The summed E-state index contributed by atoms with van der Waals surface area (Å²) < 4.78 is 0. The number of nitrogens with zero attached hydrogens (tertiary/aromatic N) is 3. The first-order chi connectivity index (χ1) is 13.2. The summed E-state index contributed by atoms with van der Waals surface area (Å²) in [4.78, 5) is 34.4. The van der Waals surface area contributed by atoms with Gasteiger partial charge in [-0.05, 0) is 45.6 Å². The van der Waals surface area contributed by atoms with E-state index in [4.69, 9.17) is 11.6 Å². The summed E-state index contributed by atoms with van der Waals surface area (Å²) in [6.45, 7) is 4.53. The second kappa shape index (κ2) is 8.03. The van der Waals surface area contributed by atoms with Gasteiger partial charge in [0.2, 0.25) is 5.78 Å². The van der Waals surface area contributed by atoms with Gasteiger partial charge in [0.1, 0.15) is 0 Å². The van der Waals surface area contributed by atoms with E-state index in [0.29, 0.717) is 34.2 Å². The summed E-state index contributed by atoms with van der Waals surface area (Å²) >= 11 is 7.42. The Morgan fingerprint density at radius 2 is 2.07 bits per heavy atom. The number of carbonyl (C=O) groups is 2. The molecule has 0 bridgehead atoms. The lowest BCUT2D eigenvalue weighted by Crippen LogP contribution is -2.36. The maximum absolute atomic E-state index is 13.3. The third kappa shape index (κ3) is 3.83. The van der Waals surface area contributed by atoms with Crippen molar-refractivity contribution in [2.45, 2.75) is 19.9 Å². The number of ketones is 1. The standard InChI is InChI=1S/C20H22ClN3O3S/c1-11-19(28-12(2)22-11)17(25)15-16(13-6-5-7-14(21)10-13)24(9-8-23(3)4)20(27)18(15)26/h5-7,10,16,26H,8-9H2,1-4H3/t16-/m1/s1. The minimum atomic E-state index is -0.694. The summed E-state index contributed by atoms with van der Waals surface area (Å²) in [5, 5.41) is 11.9. The molecule has 6 nitrogen and oxygen atoms in total. The third-order valence-corrected chi connectivity index (χ3v) is 5.92. The molecule has 1 aromatic carbocycles. The zero-order chi connectivity index (χ0) is 20.6. The van der Waals surface area contributed by atoms with E-state index in [1.807, 2.05) is 32.0 Å². The van der Waals surface area contributed by atoms with Crippen molar-refractivity contribution in [1.82, 2.24) is 14.8 Å². The Balaban J connectivity index is 2.10. The van der Waals surface area contributed by atoms with Crippen molar-refractivity contribution in [3.05, 3.63) is 61.8 Å². The van der Waals surface area contributed by atoms with Crippen molar-refractivity contribution in [2.24, 2.45) is 0 Å². The Kier molecular flexibility index (Phi) is 5.88. The van der Waals surface area contributed by atoms with E-state index in [1.54, 1.807) is 25.1 Å². The lowest BCUT2D eigenvalue weighted by Gasteiger charge is -2.28. The van der Waals surface area contributed by atoms with E-state index in [1.165, 1.54) is 16.2 Å². The van der Waals surface area contributed by atoms with Gasteiger partial charge < -0.3 is 14.9 Å². The summed E-state index contributed by atoms with van der Waals surface area (Å²) in [5.74, 6) is -1.42. The first-order valence-corrected chi connectivity index (χ1v) is 10.0. The molecule has 8 heteroatoms. The quantitative estimate of drug-likeness (QED) is 0.725. The minimum absolute atomic E-state index is 0.0813. The SMILES string of the molecule is Cc1nc(C)c(C(=O)C2=C(O)C(=O)N(CCN(C)C)[C@@H]2c2cccc(Cl)c2)s1. The van der Waals surface area contributed by atoms with Gasteiger partial charge in [-0.25, -0.2) is 4.98 Å². The zero-order valence-corrected chi connectivity index (χ0v) is 17.8. The van der Waals surface area contributed by atoms with Crippen LogP contribution >= 0.6 is 22.9 Å². The minimum Gasteiger partial charge on any atom is -0.503 e. The van der Waals surface area contributed by atoms with Gasteiger partial charge in [-0.2, -0.15) is 0 Å². The average Bonchev–Trinajstić information content (AvgIpc) is 3.09. The predicted octanol–water partition coefficient (Wildman–Crippen LogP) is 3.55. The molecule has 1 N–H and O–H groups in total. The summed E-state index contributed by atoms with van der Waals surface area (Å²) in [6, 6.07) is 6.34. The van der Waals surface area contributed by atoms with Crippen molar-refractivity contribution < 1.29 is 14.7 Å². The molecule has 1 aliphatic heterocycles. The van der Waals surface area contributed by atoms with Crippen LogP contribution in [0.1, 0.15) is 32.0 Å². The van der Waals surface area contributed by atoms with Crippen LogP contribution < -0.4 is 0 Å². The van der Waals surface area contributed by atoms with E-state index in [0.717, 1.165) is 5.01 Å². The molecule has 0 unspecified atom stereocenters. The number of aryl methyl sites for hydroxylation is 2. The molecule has 1 aromatic heterocycles. The molecule has 2 aromatic rings. The lowest BCUT2D eigenvalue weighted by atomic mass is 9.95. The number of Topliss-reactive ketones (excluding diaryl/α,β-unsaturated/α-hetero) is 1. The second-order valence-corrected chi connectivity index (χ2v) is 8.64. The number of aliphatic hydroxyl groups is 1. The Hall–Kier alpha value is -2.22. The third-order valence-electron chi connectivity index (χ3n) is 4.61. The lowest BCUT2D eigenvalue weighted by molar-refractivity contribution is -0.129. The number of amides is 1. The molecule has 1 atom stereocenters. The number of rotatable bonds is 6. The number of hydrogen-bond acceptors (Lipinski definition) is 6. The highest BCUT2D eigenvalue weighted by Gasteiger charge is 2.44. The van der Waals surface area contributed by atoms with Crippen LogP contribution in [0.25, 0.3) is 0 Å². The Bertz CT molecular complexity index is 967. The number of thiazole rings is 1. The summed E-state index contributed by atoms with van der Waals surface area (Å²) in [6.07, 6.45) is 0. The maximum Gasteiger partial charge on any atom is 0.290 e. The van der Waals surface area contributed by atoms with Gasteiger partial charge in [0.15, 0.2) is 5.76 Å². The topological polar surface area (TPSA) is 73.7 Å². The number of halogens is 1. The van der Waals surface area contributed by atoms with Gasteiger partial charge in [0, 0.05) is 18.1 Å². The summed E-state index contributed by atoms with van der Waals surface area (Å²) in [5.41, 5.74) is 1.36. The molecule has 0 radical (unpaired) electrons. The van der Waals surface area contributed by atoms with Gasteiger partial charge in [0.05, 0.1) is 27.2 Å². The number of aliphatic hydroxyl groups excluding tert-OH is 1. The Labute approximate surface area is 173 Å². The van der Waals surface area contributed by atoms with E-state index in [-0.39, 0.29) is 11.4 Å². The fourth-order valence-corrected chi connectivity index (χ4v) is 4.38. The molecule has 1 aliphatic rings. The van der Waals surface area contributed by atoms with Crippen LogP contribution in [-0.2, 0) is 4.79 Å². The fourth-order valence-electron chi connectivity index (χ4n) is 3.31. The van der Waals surface area contributed by atoms with Gasteiger partial charge in [-0.15, -0.1) is 11.3 Å². The van der Waals surface area contributed by atoms with Gasteiger partial charge >= 0.3 is 0 Å². The van der Waals surface area contributed by atoms with Crippen LogP contribution in [0.15, 0.2) is 35.6 Å². The van der Waals surface area contributed by atoms with Crippen molar-refractivity contribution in [1.29, 1.82) is 0 Å². The number of likely N-dealkylation sites (N-methyl/N-ethyl adjacent to an activating group) is 1. The Morgan fingerprint density at radius 3 is 2.64 bits per heavy atom. The molecule has 1 amide bonds. The molecular formula is C20H22ClN3O3S. The van der Waals surface area contributed by atoms with Gasteiger partial charge in [-0.3, -0.25) is 9.59 Å². The van der Waals surface area contributed by atoms with Crippen LogP contribution in [0.3, 0.4) is 0 Å². The summed E-state index contributed by atoms with van der Waals surface area (Å²) in [7, 11) is 3.80.